The van der Waals surface area contributed by atoms with Gasteiger partial charge < -0.3 is 4.74 Å². The maximum Gasteiger partial charge on any atom is 0.435 e. The SMILES string of the molecule is Cc1cccc2c1N=C(c1cc(C(F)(F)F)nn1C(C)C)OC2Cl. The Morgan fingerprint density at radius 1 is 1.29 bits per heavy atom. The van der Waals surface area contributed by atoms with Crippen molar-refractivity contribution in [3.05, 3.63) is 46.8 Å². The molecule has 0 radical (unpaired) electrons. The van der Waals surface area contributed by atoms with E-state index in [1.807, 2.05) is 19.1 Å². The zero-order valence-electron chi connectivity index (χ0n) is 13.2. The van der Waals surface area contributed by atoms with Gasteiger partial charge in [-0.1, -0.05) is 29.8 Å². The van der Waals surface area contributed by atoms with Gasteiger partial charge in [-0.25, -0.2) is 4.99 Å². The van der Waals surface area contributed by atoms with Gasteiger partial charge in [0, 0.05) is 17.7 Å². The van der Waals surface area contributed by atoms with E-state index in [4.69, 9.17) is 16.3 Å². The molecule has 1 aliphatic rings. The van der Waals surface area contributed by atoms with Crippen LogP contribution in [0.25, 0.3) is 0 Å². The van der Waals surface area contributed by atoms with E-state index in [-0.39, 0.29) is 17.6 Å². The fourth-order valence-corrected chi connectivity index (χ4v) is 2.77. The standard InChI is InChI=1S/C16H15ClF3N3O/c1-8(2)23-11(7-12(22-23)16(18,19)20)15-21-13-9(3)5-4-6-10(13)14(17)24-15/h4-8,14H,1-3H3. The van der Waals surface area contributed by atoms with E-state index in [0.29, 0.717) is 11.3 Å². The van der Waals surface area contributed by atoms with Crippen LogP contribution in [0.2, 0.25) is 0 Å². The number of rotatable bonds is 2. The highest BCUT2D eigenvalue weighted by Gasteiger charge is 2.37. The van der Waals surface area contributed by atoms with Crippen LogP contribution in [0, 0.1) is 6.92 Å². The number of ether oxygens (including phenoxy) is 1. The molecule has 2 aromatic rings. The molecule has 0 N–H and O–H groups in total. The Balaban J connectivity index is 2.16. The smallest absolute Gasteiger partial charge is 0.435 e. The van der Waals surface area contributed by atoms with Crippen LogP contribution in [-0.2, 0) is 10.9 Å². The molecule has 1 aromatic heterocycles. The second-order valence-electron chi connectivity index (χ2n) is 5.81. The van der Waals surface area contributed by atoms with Gasteiger partial charge in [0.15, 0.2) is 5.69 Å². The summed E-state index contributed by atoms with van der Waals surface area (Å²) in [6.45, 7) is 5.32. The first-order valence-corrected chi connectivity index (χ1v) is 7.78. The molecule has 8 heteroatoms. The summed E-state index contributed by atoms with van der Waals surface area (Å²) in [4.78, 5) is 4.39. The van der Waals surface area contributed by atoms with Crippen LogP contribution in [0.3, 0.4) is 0 Å². The third kappa shape index (κ3) is 2.88. The normalized spacial score (nSPS) is 17.5. The molecule has 3 rings (SSSR count). The quantitative estimate of drug-likeness (QED) is 0.698. The van der Waals surface area contributed by atoms with Crippen LogP contribution in [-0.4, -0.2) is 15.7 Å². The average molecular weight is 358 g/mol. The van der Waals surface area contributed by atoms with Gasteiger partial charge in [-0.3, -0.25) is 4.68 Å². The molecule has 0 saturated carbocycles. The van der Waals surface area contributed by atoms with Gasteiger partial charge in [0.25, 0.3) is 0 Å². The Morgan fingerprint density at radius 3 is 2.62 bits per heavy atom. The van der Waals surface area contributed by atoms with Crippen LogP contribution >= 0.6 is 11.6 Å². The van der Waals surface area contributed by atoms with Gasteiger partial charge in [0.2, 0.25) is 11.5 Å². The Morgan fingerprint density at radius 2 is 2.00 bits per heavy atom. The average Bonchev–Trinajstić information content (AvgIpc) is 2.93. The van der Waals surface area contributed by atoms with Crippen molar-refractivity contribution in [3.8, 4) is 0 Å². The van der Waals surface area contributed by atoms with Crippen LogP contribution in [0.1, 0.15) is 48.0 Å². The van der Waals surface area contributed by atoms with E-state index in [0.717, 1.165) is 11.6 Å². The van der Waals surface area contributed by atoms with Crippen molar-refractivity contribution in [1.82, 2.24) is 9.78 Å². The van der Waals surface area contributed by atoms with Gasteiger partial charge in [0.05, 0.1) is 5.69 Å². The Hall–Kier alpha value is -2.02. The number of halogens is 4. The highest BCUT2D eigenvalue weighted by molar-refractivity contribution is 6.21. The highest BCUT2D eigenvalue weighted by atomic mass is 35.5. The predicted molar refractivity (Wildman–Crippen MR) is 84.7 cm³/mol. The molecule has 0 fully saturated rings. The Labute approximate surface area is 141 Å². The van der Waals surface area contributed by atoms with E-state index in [1.54, 1.807) is 19.9 Å². The lowest BCUT2D eigenvalue weighted by atomic mass is 10.1. The topological polar surface area (TPSA) is 39.4 Å². The largest absolute Gasteiger partial charge is 0.452 e. The minimum absolute atomic E-state index is 0.0356. The first-order chi connectivity index (χ1) is 11.2. The highest BCUT2D eigenvalue weighted by Crippen LogP contribution is 2.39. The second-order valence-corrected chi connectivity index (χ2v) is 6.21. The minimum Gasteiger partial charge on any atom is -0.452 e. The summed E-state index contributed by atoms with van der Waals surface area (Å²) in [5, 5.41) is 3.65. The zero-order valence-corrected chi connectivity index (χ0v) is 14.0. The van der Waals surface area contributed by atoms with Crippen LogP contribution in [0.4, 0.5) is 18.9 Å². The van der Waals surface area contributed by atoms with Gasteiger partial charge >= 0.3 is 6.18 Å². The first kappa shape index (κ1) is 16.8. The third-order valence-corrected chi connectivity index (χ3v) is 4.00. The lowest BCUT2D eigenvalue weighted by Crippen LogP contribution is -2.19. The molecule has 2 heterocycles. The van der Waals surface area contributed by atoms with Crippen molar-refractivity contribution >= 4 is 23.2 Å². The van der Waals surface area contributed by atoms with Gasteiger partial charge in [0.1, 0.15) is 5.69 Å². The maximum absolute atomic E-state index is 13.0. The van der Waals surface area contributed by atoms with E-state index in [1.165, 1.54) is 4.68 Å². The fraction of sp³-hybridized carbons (Fsp3) is 0.375. The lowest BCUT2D eigenvalue weighted by Gasteiger charge is -2.23. The molecule has 4 nitrogen and oxygen atoms in total. The van der Waals surface area contributed by atoms with E-state index in [9.17, 15) is 13.2 Å². The monoisotopic (exact) mass is 357 g/mol. The molecular weight excluding hydrogens is 343 g/mol. The number of fused-ring (bicyclic) bond motifs is 1. The Bertz CT molecular complexity index is 811. The maximum atomic E-state index is 13.0. The van der Waals surface area contributed by atoms with Crippen LogP contribution < -0.4 is 0 Å². The van der Waals surface area contributed by atoms with Gasteiger partial charge in [-0.2, -0.15) is 18.3 Å². The molecule has 24 heavy (non-hydrogen) atoms. The number of aromatic nitrogens is 2. The first-order valence-electron chi connectivity index (χ1n) is 7.34. The van der Waals surface area contributed by atoms with Crippen molar-refractivity contribution in [2.45, 2.75) is 38.6 Å². The number of nitrogens with zero attached hydrogens (tertiary/aromatic N) is 3. The predicted octanol–water partition coefficient (Wildman–Crippen LogP) is 5.14. The summed E-state index contributed by atoms with van der Waals surface area (Å²) in [7, 11) is 0. The number of aryl methyl sites for hydroxylation is 1. The molecule has 0 saturated heterocycles. The van der Waals surface area contributed by atoms with Gasteiger partial charge in [-0.15, -0.1) is 0 Å². The summed E-state index contributed by atoms with van der Waals surface area (Å²) >= 11 is 6.24. The number of benzene rings is 1. The van der Waals surface area contributed by atoms with Crippen molar-refractivity contribution in [2.24, 2.45) is 4.99 Å². The molecule has 1 atom stereocenters. The van der Waals surface area contributed by atoms with Crippen molar-refractivity contribution < 1.29 is 17.9 Å². The van der Waals surface area contributed by atoms with E-state index < -0.39 is 17.4 Å². The molecule has 1 aromatic carbocycles. The Kier molecular flexibility index (Phi) is 4.07. The number of para-hydroxylation sites is 1. The lowest BCUT2D eigenvalue weighted by molar-refractivity contribution is -0.141. The summed E-state index contributed by atoms with van der Waals surface area (Å²) in [5.74, 6) is 0.0356. The molecule has 0 aliphatic carbocycles. The zero-order chi connectivity index (χ0) is 17.6. The molecular formula is C16H15ClF3N3O. The second kappa shape index (κ2) is 5.81. The fourth-order valence-electron chi connectivity index (χ4n) is 2.51. The third-order valence-electron chi connectivity index (χ3n) is 3.68. The van der Waals surface area contributed by atoms with Crippen LogP contribution in [0.15, 0.2) is 29.3 Å². The van der Waals surface area contributed by atoms with Crippen LogP contribution in [0.5, 0.6) is 0 Å². The minimum atomic E-state index is -4.54. The molecule has 1 unspecified atom stereocenters. The molecule has 0 amide bonds. The summed E-state index contributed by atoms with van der Waals surface area (Å²) in [6.07, 6.45) is -4.54. The van der Waals surface area contributed by atoms with Crippen molar-refractivity contribution in [2.75, 3.05) is 0 Å². The molecule has 0 spiro atoms. The van der Waals surface area contributed by atoms with Gasteiger partial charge in [-0.05, 0) is 26.3 Å². The molecule has 1 aliphatic heterocycles. The number of alkyl halides is 4. The van der Waals surface area contributed by atoms with Crippen molar-refractivity contribution in [1.29, 1.82) is 0 Å². The number of hydrogen-bond donors (Lipinski definition) is 0. The summed E-state index contributed by atoms with van der Waals surface area (Å²) < 4.78 is 45.8. The van der Waals surface area contributed by atoms with E-state index >= 15 is 0 Å². The number of hydrogen-bond acceptors (Lipinski definition) is 3. The summed E-state index contributed by atoms with van der Waals surface area (Å²) in [6, 6.07) is 6.10. The van der Waals surface area contributed by atoms with Crippen molar-refractivity contribution in [3.63, 3.8) is 0 Å². The molecule has 0 bridgehead atoms. The number of aliphatic imine (C=N–C) groups is 1. The molecule has 128 valence electrons. The summed E-state index contributed by atoms with van der Waals surface area (Å²) in [5.41, 5.74) is 0.509. The van der Waals surface area contributed by atoms with E-state index in [2.05, 4.69) is 10.1 Å².